The molecule has 5 heteroatoms. The molecular formula is C16H16BrClFNO. The first-order chi connectivity index (χ1) is 10.1. The number of halogens is 3. The lowest BCUT2D eigenvalue weighted by Gasteiger charge is -2.19. The summed E-state index contributed by atoms with van der Waals surface area (Å²) in [7, 11) is 3.32. The van der Waals surface area contributed by atoms with Crippen molar-refractivity contribution >= 4 is 27.5 Å². The quantitative estimate of drug-likeness (QED) is 0.817. The number of rotatable bonds is 5. The molecule has 0 fully saturated rings. The van der Waals surface area contributed by atoms with Crippen molar-refractivity contribution in [2.24, 2.45) is 0 Å². The molecule has 0 aliphatic rings. The van der Waals surface area contributed by atoms with Crippen LogP contribution in [0.15, 0.2) is 40.9 Å². The minimum atomic E-state index is -0.315. The SMILES string of the molecule is CNC(Cc1cccc(OC)c1F)c1ccc(Cl)cc1Br. The van der Waals surface area contributed by atoms with E-state index in [-0.39, 0.29) is 17.6 Å². The Hall–Kier alpha value is -1.10. The fourth-order valence-corrected chi connectivity index (χ4v) is 3.20. The minimum Gasteiger partial charge on any atom is -0.494 e. The van der Waals surface area contributed by atoms with Gasteiger partial charge in [-0.1, -0.05) is 45.7 Å². The Labute approximate surface area is 137 Å². The summed E-state index contributed by atoms with van der Waals surface area (Å²) in [5, 5.41) is 3.87. The molecule has 0 aromatic heterocycles. The summed E-state index contributed by atoms with van der Waals surface area (Å²) in [5.74, 6) is -0.0529. The number of nitrogens with one attached hydrogen (secondary N) is 1. The monoisotopic (exact) mass is 371 g/mol. The maximum absolute atomic E-state index is 14.3. The molecule has 2 rings (SSSR count). The summed E-state index contributed by atoms with van der Waals surface area (Å²) in [5.41, 5.74) is 1.64. The van der Waals surface area contributed by atoms with Crippen LogP contribution in [0.5, 0.6) is 5.75 Å². The molecule has 2 aromatic rings. The smallest absolute Gasteiger partial charge is 0.168 e. The Bertz CT molecular complexity index is 636. The number of hydrogen-bond donors (Lipinski definition) is 1. The predicted octanol–water partition coefficient (Wildman–Crippen LogP) is 4.75. The van der Waals surface area contributed by atoms with E-state index in [1.165, 1.54) is 7.11 Å². The molecule has 0 heterocycles. The molecule has 0 aliphatic carbocycles. The van der Waals surface area contributed by atoms with Crippen LogP contribution in [0.4, 0.5) is 4.39 Å². The molecular weight excluding hydrogens is 357 g/mol. The second-order valence-electron chi connectivity index (χ2n) is 4.64. The highest BCUT2D eigenvalue weighted by Crippen LogP contribution is 2.30. The van der Waals surface area contributed by atoms with Gasteiger partial charge in [-0.25, -0.2) is 4.39 Å². The lowest BCUT2D eigenvalue weighted by Crippen LogP contribution is -2.20. The first-order valence-corrected chi connectivity index (χ1v) is 7.67. The van der Waals surface area contributed by atoms with Crippen LogP contribution in [0, 0.1) is 5.82 Å². The van der Waals surface area contributed by atoms with Crippen molar-refractivity contribution in [2.45, 2.75) is 12.5 Å². The average molecular weight is 373 g/mol. The largest absolute Gasteiger partial charge is 0.494 e. The topological polar surface area (TPSA) is 21.3 Å². The third kappa shape index (κ3) is 3.76. The van der Waals surface area contributed by atoms with Gasteiger partial charge in [-0.05, 0) is 42.8 Å². The summed E-state index contributed by atoms with van der Waals surface area (Å²) < 4.78 is 20.2. The number of benzene rings is 2. The highest BCUT2D eigenvalue weighted by atomic mass is 79.9. The third-order valence-corrected chi connectivity index (χ3v) is 4.30. The standard InChI is InChI=1S/C16H16BrClFNO/c1-20-14(12-7-6-11(18)9-13(12)17)8-10-4-3-5-15(21-2)16(10)19/h3-7,9,14,20H,8H2,1-2H3. The van der Waals surface area contributed by atoms with Gasteiger partial charge in [0.05, 0.1) is 7.11 Å². The van der Waals surface area contributed by atoms with E-state index < -0.39 is 0 Å². The molecule has 2 aromatic carbocycles. The number of hydrogen-bond acceptors (Lipinski definition) is 2. The molecule has 0 aliphatic heterocycles. The van der Waals surface area contributed by atoms with Crippen LogP contribution in [0.1, 0.15) is 17.2 Å². The van der Waals surface area contributed by atoms with Crippen LogP contribution in [0.2, 0.25) is 5.02 Å². The zero-order valence-electron chi connectivity index (χ0n) is 11.8. The maximum atomic E-state index is 14.3. The van der Waals surface area contributed by atoms with Gasteiger partial charge in [-0.15, -0.1) is 0 Å². The molecule has 1 N–H and O–H groups in total. The molecule has 0 radical (unpaired) electrons. The van der Waals surface area contributed by atoms with Gasteiger partial charge in [0.2, 0.25) is 0 Å². The Balaban J connectivity index is 2.31. The Morgan fingerprint density at radius 3 is 2.71 bits per heavy atom. The summed E-state index contributed by atoms with van der Waals surface area (Å²) in [6.07, 6.45) is 0.514. The summed E-state index contributed by atoms with van der Waals surface area (Å²) >= 11 is 9.47. The molecule has 1 unspecified atom stereocenters. The van der Waals surface area contributed by atoms with E-state index in [1.54, 1.807) is 18.2 Å². The summed E-state index contributed by atoms with van der Waals surface area (Å²) in [4.78, 5) is 0. The minimum absolute atomic E-state index is 0.0294. The average Bonchev–Trinajstić information content (AvgIpc) is 2.47. The van der Waals surface area contributed by atoms with Crippen LogP contribution in [-0.2, 0) is 6.42 Å². The zero-order valence-corrected chi connectivity index (χ0v) is 14.1. The number of ether oxygens (including phenoxy) is 1. The van der Waals surface area contributed by atoms with Crippen molar-refractivity contribution in [3.05, 3.63) is 62.8 Å². The Morgan fingerprint density at radius 2 is 2.10 bits per heavy atom. The van der Waals surface area contributed by atoms with Gasteiger partial charge in [0.15, 0.2) is 11.6 Å². The molecule has 0 saturated carbocycles. The van der Waals surface area contributed by atoms with Crippen LogP contribution in [0.25, 0.3) is 0 Å². The molecule has 0 amide bonds. The van der Waals surface area contributed by atoms with Gasteiger partial charge in [0, 0.05) is 15.5 Å². The van der Waals surface area contributed by atoms with Gasteiger partial charge in [-0.2, -0.15) is 0 Å². The summed E-state index contributed by atoms with van der Waals surface area (Å²) in [6.45, 7) is 0. The number of likely N-dealkylation sites (N-methyl/N-ethyl adjacent to an activating group) is 1. The Morgan fingerprint density at radius 1 is 1.33 bits per heavy atom. The van der Waals surface area contributed by atoms with E-state index in [9.17, 15) is 4.39 Å². The van der Waals surface area contributed by atoms with E-state index in [0.29, 0.717) is 17.0 Å². The van der Waals surface area contributed by atoms with E-state index in [0.717, 1.165) is 10.0 Å². The van der Waals surface area contributed by atoms with E-state index >= 15 is 0 Å². The first-order valence-electron chi connectivity index (χ1n) is 6.50. The Kier molecular flexibility index (Phi) is 5.62. The van der Waals surface area contributed by atoms with Crippen LogP contribution < -0.4 is 10.1 Å². The number of methoxy groups -OCH3 is 1. The van der Waals surface area contributed by atoms with E-state index in [1.807, 2.05) is 25.2 Å². The lowest BCUT2D eigenvalue weighted by molar-refractivity contribution is 0.383. The van der Waals surface area contributed by atoms with Crippen molar-refractivity contribution in [3.63, 3.8) is 0 Å². The van der Waals surface area contributed by atoms with E-state index in [2.05, 4.69) is 21.2 Å². The van der Waals surface area contributed by atoms with Gasteiger partial charge in [-0.3, -0.25) is 0 Å². The third-order valence-electron chi connectivity index (χ3n) is 3.37. The molecule has 21 heavy (non-hydrogen) atoms. The molecule has 2 nitrogen and oxygen atoms in total. The second-order valence-corrected chi connectivity index (χ2v) is 5.94. The van der Waals surface area contributed by atoms with Crippen molar-refractivity contribution in [2.75, 3.05) is 14.2 Å². The first kappa shape index (κ1) is 16.3. The predicted molar refractivity (Wildman–Crippen MR) is 87.6 cm³/mol. The van der Waals surface area contributed by atoms with Gasteiger partial charge >= 0.3 is 0 Å². The van der Waals surface area contributed by atoms with Crippen LogP contribution in [0.3, 0.4) is 0 Å². The van der Waals surface area contributed by atoms with Crippen molar-refractivity contribution < 1.29 is 9.13 Å². The molecule has 0 bridgehead atoms. The van der Waals surface area contributed by atoms with Crippen molar-refractivity contribution in [3.8, 4) is 5.75 Å². The second kappa shape index (κ2) is 7.25. The van der Waals surface area contributed by atoms with Crippen molar-refractivity contribution in [1.82, 2.24) is 5.32 Å². The highest BCUT2D eigenvalue weighted by molar-refractivity contribution is 9.10. The van der Waals surface area contributed by atoms with Gasteiger partial charge in [0.25, 0.3) is 0 Å². The van der Waals surface area contributed by atoms with Crippen molar-refractivity contribution in [1.29, 1.82) is 0 Å². The van der Waals surface area contributed by atoms with Gasteiger partial charge < -0.3 is 10.1 Å². The lowest BCUT2D eigenvalue weighted by atomic mass is 9.98. The fraction of sp³-hybridized carbons (Fsp3) is 0.250. The molecule has 0 spiro atoms. The maximum Gasteiger partial charge on any atom is 0.168 e. The normalized spacial score (nSPS) is 12.2. The molecule has 0 saturated heterocycles. The zero-order chi connectivity index (χ0) is 15.4. The van der Waals surface area contributed by atoms with E-state index in [4.69, 9.17) is 16.3 Å². The fourth-order valence-electron chi connectivity index (χ4n) is 2.24. The summed E-state index contributed by atoms with van der Waals surface area (Å²) in [6, 6.07) is 10.7. The molecule has 1 atom stereocenters. The van der Waals surface area contributed by atoms with Crippen LogP contribution in [-0.4, -0.2) is 14.2 Å². The van der Waals surface area contributed by atoms with Gasteiger partial charge in [0.1, 0.15) is 0 Å². The molecule has 112 valence electrons. The highest BCUT2D eigenvalue weighted by Gasteiger charge is 2.17. The van der Waals surface area contributed by atoms with Crippen LogP contribution >= 0.6 is 27.5 Å².